The Morgan fingerprint density at radius 2 is 0.750 bits per heavy atom. The van der Waals surface area contributed by atoms with Gasteiger partial charge < -0.3 is 20.3 Å². The highest BCUT2D eigenvalue weighted by molar-refractivity contribution is 5.76. The highest BCUT2D eigenvalue weighted by atomic mass is 16.5. The van der Waals surface area contributed by atoms with Crippen LogP contribution in [-0.2, 0) is 14.3 Å². The molecule has 0 heterocycles. The predicted molar refractivity (Wildman–Crippen MR) is 278 cm³/mol. The number of rotatable bonds is 53. The SMILES string of the molecule is CCCCCCCCCCCCCCCCCCCCCCC/C=C/C(O)C(CO)NC(=O)CCC/C=C\CCCCCCOC(=O)CCCCCCCCCCCCCCCCC. The fraction of sp³-hybridized carbons (Fsp3) is 0.897. The summed E-state index contributed by atoms with van der Waals surface area (Å²) < 4.78 is 5.45. The summed E-state index contributed by atoms with van der Waals surface area (Å²) in [6.07, 6.45) is 64.9. The lowest BCUT2D eigenvalue weighted by Crippen LogP contribution is -2.45. The first-order chi connectivity index (χ1) is 31.5. The van der Waals surface area contributed by atoms with Gasteiger partial charge in [-0.1, -0.05) is 269 Å². The maximum absolute atomic E-state index is 12.4. The van der Waals surface area contributed by atoms with Crippen molar-refractivity contribution in [2.75, 3.05) is 13.2 Å². The van der Waals surface area contributed by atoms with Gasteiger partial charge >= 0.3 is 5.97 Å². The van der Waals surface area contributed by atoms with E-state index in [1.54, 1.807) is 6.08 Å². The highest BCUT2D eigenvalue weighted by Crippen LogP contribution is 2.17. The zero-order valence-corrected chi connectivity index (χ0v) is 43.0. The summed E-state index contributed by atoms with van der Waals surface area (Å²) >= 11 is 0. The van der Waals surface area contributed by atoms with Gasteiger partial charge in [-0.2, -0.15) is 0 Å². The topological polar surface area (TPSA) is 95.9 Å². The Morgan fingerprint density at radius 3 is 1.14 bits per heavy atom. The van der Waals surface area contributed by atoms with Gasteiger partial charge in [0, 0.05) is 12.8 Å². The minimum Gasteiger partial charge on any atom is -0.466 e. The van der Waals surface area contributed by atoms with Crippen molar-refractivity contribution < 1.29 is 24.5 Å². The summed E-state index contributed by atoms with van der Waals surface area (Å²) in [6.45, 7) is 4.83. The number of carbonyl (C=O) groups is 2. The van der Waals surface area contributed by atoms with Gasteiger partial charge in [-0.3, -0.25) is 9.59 Å². The first-order valence-corrected chi connectivity index (χ1v) is 28.6. The molecular formula is C58H111NO5. The van der Waals surface area contributed by atoms with Crippen molar-refractivity contribution in [3.63, 3.8) is 0 Å². The molecule has 0 aliphatic carbocycles. The van der Waals surface area contributed by atoms with Crippen molar-refractivity contribution in [1.29, 1.82) is 0 Å². The monoisotopic (exact) mass is 902 g/mol. The lowest BCUT2D eigenvalue weighted by molar-refractivity contribution is -0.143. The largest absolute Gasteiger partial charge is 0.466 e. The van der Waals surface area contributed by atoms with Gasteiger partial charge in [0.15, 0.2) is 0 Å². The van der Waals surface area contributed by atoms with Crippen LogP contribution in [0, 0.1) is 0 Å². The molecule has 2 atom stereocenters. The molecule has 0 fully saturated rings. The number of hydrogen-bond acceptors (Lipinski definition) is 5. The average Bonchev–Trinajstić information content (AvgIpc) is 3.29. The zero-order valence-electron chi connectivity index (χ0n) is 43.0. The summed E-state index contributed by atoms with van der Waals surface area (Å²) in [7, 11) is 0. The molecule has 0 spiro atoms. The molecule has 0 aliphatic rings. The molecule has 6 heteroatoms. The molecule has 2 unspecified atom stereocenters. The van der Waals surface area contributed by atoms with Gasteiger partial charge in [0.1, 0.15) is 0 Å². The van der Waals surface area contributed by atoms with Crippen LogP contribution in [0.3, 0.4) is 0 Å². The van der Waals surface area contributed by atoms with Crippen LogP contribution >= 0.6 is 0 Å². The molecule has 64 heavy (non-hydrogen) atoms. The van der Waals surface area contributed by atoms with E-state index in [-0.39, 0.29) is 18.5 Å². The molecule has 0 aromatic rings. The quantitative estimate of drug-likeness (QED) is 0.0321. The van der Waals surface area contributed by atoms with E-state index in [0.717, 1.165) is 70.6 Å². The van der Waals surface area contributed by atoms with Gasteiger partial charge in [0.05, 0.1) is 25.4 Å². The lowest BCUT2D eigenvalue weighted by Gasteiger charge is -2.19. The standard InChI is InChI=1S/C58H111NO5/c1-3-5-7-9-11-13-15-17-19-20-21-22-23-24-25-26-28-29-31-34-38-42-46-50-56(61)55(54-60)59-57(62)51-47-43-39-35-33-37-41-45-49-53-64-58(63)52-48-44-40-36-32-30-27-18-16-14-12-10-8-6-4-2/h35,39,46,50,55-56,60-61H,3-34,36-38,40-45,47-49,51-54H2,1-2H3,(H,59,62)/b39-35-,50-46+. The molecule has 6 nitrogen and oxygen atoms in total. The fourth-order valence-electron chi connectivity index (χ4n) is 8.81. The number of aliphatic hydroxyl groups is 2. The third-order valence-corrected chi connectivity index (χ3v) is 13.2. The number of unbranched alkanes of at least 4 members (excludes halogenated alkanes) is 40. The molecule has 0 aromatic heterocycles. The summed E-state index contributed by atoms with van der Waals surface area (Å²) in [4.78, 5) is 24.5. The van der Waals surface area contributed by atoms with Crippen LogP contribution in [0.2, 0.25) is 0 Å². The van der Waals surface area contributed by atoms with E-state index in [0.29, 0.717) is 19.4 Å². The second-order valence-corrected chi connectivity index (χ2v) is 19.6. The van der Waals surface area contributed by atoms with Gasteiger partial charge in [0.25, 0.3) is 0 Å². The van der Waals surface area contributed by atoms with Crippen LogP contribution < -0.4 is 5.32 Å². The van der Waals surface area contributed by atoms with Crippen molar-refractivity contribution in [1.82, 2.24) is 5.32 Å². The van der Waals surface area contributed by atoms with E-state index in [9.17, 15) is 19.8 Å². The van der Waals surface area contributed by atoms with E-state index in [2.05, 4.69) is 31.3 Å². The number of allylic oxidation sites excluding steroid dienone is 3. The van der Waals surface area contributed by atoms with Crippen molar-refractivity contribution >= 4 is 11.9 Å². The van der Waals surface area contributed by atoms with Crippen LogP contribution in [-0.4, -0.2) is 47.4 Å². The summed E-state index contributed by atoms with van der Waals surface area (Å²) in [5, 5.41) is 23.1. The molecule has 0 saturated carbocycles. The number of hydrogen-bond donors (Lipinski definition) is 3. The van der Waals surface area contributed by atoms with Crippen molar-refractivity contribution in [3.05, 3.63) is 24.3 Å². The normalized spacial score (nSPS) is 12.8. The third kappa shape index (κ3) is 49.8. The summed E-state index contributed by atoms with van der Waals surface area (Å²) in [5.41, 5.74) is 0. The van der Waals surface area contributed by atoms with Crippen LogP contribution in [0.25, 0.3) is 0 Å². The average molecular weight is 903 g/mol. The molecule has 0 rings (SSSR count). The Bertz CT molecular complexity index is 997. The number of carbonyl (C=O) groups excluding carboxylic acids is 2. The Kier molecular flexibility index (Phi) is 52.6. The Morgan fingerprint density at radius 1 is 0.422 bits per heavy atom. The third-order valence-electron chi connectivity index (χ3n) is 13.2. The maximum Gasteiger partial charge on any atom is 0.305 e. The van der Waals surface area contributed by atoms with Crippen molar-refractivity contribution in [2.24, 2.45) is 0 Å². The molecule has 0 saturated heterocycles. The lowest BCUT2D eigenvalue weighted by atomic mass is 10.0. The predicted octanol–water partition coefficient (Wildman–Crippen LogP) is 17.5. The van der Waals surface area contributed by atoms with Crippen LogP contribution in [0.15, 0.2) is 24.3 Å². The summed E-state index contributed by atoms with van der Waals surface area (Å²) in [5.74, 6) is -0.160. The van der Waals surface area contributed by atoms with Crippen LogP contribution in [0.1, 0.15) is 309 Å². The molecule has 0 aliphatic heterocycles. The smallest absolute Gasteiger partial charge is 0.305 e. The Hall–Kier alpha value is -1.66. The number of ether oxygens (including phenoxy) is 1. The number of aliphatic hydroxyl groups excluding tert-OH is 2. The second kappa shape index (κ2) is 54.0. The molecule has 1 amide bonds. The van der Waals surface area contributed by atoms with Crippen LogP contribution in [0.4, 0.5) is 0 Å². The molecule has 3 N–H and O–H groups in total. The second-order valence-electron chi connectivity index (χ2n) is 19.6. The molecule has 0 radical (unpaired) electrons. The first kappa shape index (κ1) is 62.3. The Labute approximate surface area is 399 Å². The number of amides is 1. The van der Waals surface area contributed by atoms with Gasteiger partial charge in [0.2, 0.25) is 5.91 Å². The molecular weight excluding hydrogens is 791 g/mol. The molecule has 0 aromatic carbocycles. The van der Waals surface area contributed by atoms with Gasteiger partial charge in [-0.05, 0) is 51.4 Å². The molecule has 378 valence electrons. The van der Waals surface area contributed by atoms with E-state index >= 15 is 0 Å². The number of nitrogens with one attached hydrogen (secondary N) is 1. The zero-order chi connectivity index (χ0) is 46.5. The van der Waals surface area contributed by atoms with Crippen molar-refractivity contribution in [2.45, 2.75) is 321 Å². The van der Waals surface area contributed by atoms with Crippen LogP contribution in [0.5, 0.6) is 0 Å². The van der Waals surface area contributed by atoms with E-state index in [4.69, 9.17) is 4.74 Å². The summed E-state index contributed by atoms with van der Waals surface area (Å²) in [6, 6.07) is -0.665. The van der Waals surface area contributed by atoms with Gasteiger partial charge in [-0.15, -0.1) is 0 Å². The number of esters is 1. The van der Waals surface area contributed by atoms with Crippen molar-refractivity contribution in [3.8, 4) is 0 Å². The first-order valence-electron chi connectivity index (χ1n) is 28.6. The highest BCUT2D eigenvalue weighted by Gasteiger charge is 2.18. The fourth-order valence-corrected chi connectivity index (χ4v) is 8.81. The minimum atomic E-state index is -0.875. The minimum absolute atomic E-state index is 0.0345. The van der Waals surface area contributed by atoms with E-state index < -0.39 is 12.1 Å². The maximum atomic E-state index is 12.4. The van der Waals surface area contributed by atoms with E-state index in [1.807, 2.05) is 6.08 Å². The Balaban J connectivity index is 3.54. The van der Waals surface area contributed by atoms with Gasteiger partial charge in [-0.25, -0.2) is 0 Å². The van der Waals surface area contributed by atoms with E-state index in [1.165, 1.54) is 212 Å². The molecule has 0 bridgehead atoms.